The summed E-state index contributed by atoms with van der Waals surface area (Å²) < 4.78 is 10.9. The molecule has 0 aliphatic carbocycles. The van der Waals surface area contributed by atoms with Gasteiger partial charge < -0.3 is 14.5 Å². The number of benzene rings is 1. The highest BCUT2D eigenvalue weighted by Gasteiger charge is 2.12. The Hall–Kier alpha value is -1.74. The van der Waals surface area contributed by atoms with Crippen LogP contribution in [0.15, 0.2) is 47.1 Å². The molecule has 3 heteroatoms. The van der Waals surface area contributed by atoms with Crippen molar-refractivity contribution in [1.29, 1.82) is 0 Å². The SMILES string of the molecule is CCOc1cccc(C(Cc2ccco2)NC)c1. The van der Waals surface area contributed by atoms with Crippen LogP contribution in [0.4, 0.5) is 0 Å². The van der Waals surface area contributed by atoms with Crippen LogP contribution < -0.4 is 10.1 Å². The number of hydrogen-bond acceptors (Lipinski definition) is 3. The molecule has 0 aliphatic heterocycles. The van der Waals surface area contributed by atoms with E-state index in [1.54, 1.807) is 6.26 Å². The summed E-state index contributed by atoms with van der Waals surface area (Å²) in [7, 11) is 1.96. The van der Waals surface area contributed by atoms with Crippen LogP contribution in [0.5, 0.6) is 5.75 Å². The minimum absolute atomic E-state index is 0.233. The largest absolute Gasteiger partial charge is 0.494 e. The molecule has 96 valence electrons. The molecule has 1 heterocycles. The fourth-order valence-electron chi connectivity index (χ4n) is 2.00. The normalized spacial score (nSPS) is 12.3. The minimum Gasteiger partial charge on any atom is -0.494 e. The van der Waals surface area contributed by atoms with Gasteiger partial charge in [-0.2, -0.15) is 0 Å². The summed E-state index contributed by atoms with van der Waals surface area (Å²) in [6.07, 6.45) is 2.54. The number of likely N-dealkylation sites (N-methyl/N-ethyl adjacent to an activating group) is 1. The Morgan fingerprint density at radius 3 is 2.83 bits per heavy atom. The second-order valence-electron chi connectivity index (χ2n) is 4.13. The summed E-state index contributed by atoms with van der Waals surface area (Å²) in [5.41, 5.74) is 1.21. The Bertz CT molecular complexity index is 465. The number of rotatable bonds is 6. The van der Waals surface area contributed by atoms with E-state index in [0.717, 1.165) is 17.9 Å². The second kappa shape index (κ2) is 6.26. The molecule has 18 heavy (non-hydrogen) atoms. The molecule has 0 spiro atoms. The molecule has 1 aromatic carbocycles. The maximum Gasteiger partial charge on any atom is 0.119 e. The minimum atomic E-state index is 0.233. The van der Waals surface area contributed by atoms with Crippen LogP contribution in [0.1, 0.15) is 24.3 Å². The Balaban J connectivity index is 2.13. The van der Waals surface area contributed by atoms with Gasteiger partial charge in [0.25, 0.3) is 0 Å². The van der Waals surface area contributed by atoms with Crippen LogP contribution >= 0.6 is 0 Å². The first-order valence-corrected chi connectivity index (χ1v) is 6.26. The molecule has 3 nitrogen and oxygen atoms in total. The van der Waals surface area contributed by atoms with Crippen molar-refractivity contribution < 1.29 is 9.15 Å². The van der Waals surface area contributed by atoms with Gasteiger partial charge in [0, 0.05) is 12.5 Å². The van der Waals surface area contributed by atoms with Crippen molar-refractivity contribution in [1.82, 2.24) is 5.32 Å². The first kappa shape index (κ1) is 12.7. The van der Waals surface area contributed by atoms with Crippen LogP contribution in [0, 0.1) is 0 Å². The summed E-state index contributed by atoms with van der Waals surface area (Å²) in [5, 5.41) is 3.31. The maximum atomic E-state index is 5.53. The van der Waals surface area contributed by atoms with E-state index in [2.05, 4.69) is 17.4 Å². The molecular formula is C15H19NO2. The van der Waals surface area contributed by atoms with Crippen molar-refractivity contribution in [2.45, 2.75) is 19.4 Å². The third-order valence-electron chi connectivity index (χ3n) is 2.91. The van der Waals surface area contributed by atoms with Crippen molar-refractivity contribution in [3.05, 3.63) is 54.0 Å². The summed E-state index contributed by atoms with van der Waals surface area (Å²) in [6.45, 7) is 2.68. The fourth-order valence-corrected chi connectivity index (χ4v) is 2.00. The van der Waals surface area contributed by atoms with Crippen LogP contribution in [0.25, 0.3) is 0 Å². The molecular weight excluding hydrogens is 226 g/mol. The molecule has 0 amide bonds. The van der Waals surface area contributed by atoms with Gasteiger partial charge in [-0.05, 0) is 43.8 Å². The van der Waals surface area contributed by atoms with Gasteiger partial charge in [0.05, 0.1) is 12.9 Å². The van der Waals surface area contributed by atoms with Crippen LogP contribution in [0.2, 0.25) is 0 Å². The molecule has 1 aromatic heterocycles. The van der Waals surface area contributed by atoms with Gasteiger partial charge in [0.1, 0.15) is 11.5 Å². The zero-order chi connectivity index (χ0) is 12.8. The Labute approximate surface area is 108 Å². The molecule has 0 saturated carbocycles. The third kappa shape index (κ3) is 3.14. The van der Waals surface area contributed by atoms with Gasteiger partial charge in [-0.15, -0.1) is 0 Å². The topological polar surface area (TPSA) is 34.4 Å². The van der Waals surface area contributed by atoms with Gasteiger partial charge in [-0.1, -0.05) is 12.1 Å². The monoisotopic (exact) mass is 245 g/mol. The van der Waals surface area contributed by atoms with Crippen LogP contribution in [-0.4, -0.2) is 13.7 Å². The third-order valence-corrected chi connectivity index (χ3v) is 2.91. The van der Waals surface area contributed by atoms with Gasteiger partial charge in [0.2, 0.25) is 0 Å². The van der Waals surface area contributed by atoms with Crippen LogP contribution in [-0.2, 0) is 6.42 Å². The molecule has 1 unspecified atom stereocenters. The highest BCUT2D eigenvalue weighted by atomic mass is 16.5. The zero-order valence-corrected chi connectivity index (χ0v) is 10.8. The highest BCUT2D eigenvalue weighted by Crippen LogP contribution is 2.22. The zero-order valence-electron chi connectivity index (χ0n) is 10.8. The summed E-state index contributed by atoms with van der Waals surface area (Å²) >= 11 is 0. The molecule has 0 radical (unpaired) electrons. The van der Waals surface area contributed by atoms with Gasteiger partial charge in [0.15, 0.2) is 0 Å². The van der Waals surface area contributed by atoms with E-state index in [-0.39, 0.29) is 6.04 Å². The maximum absolute atomic E-state index is 5.53. The fraction of sp³-hybridized carbons (Fsp3) is 0.333. The molecule has 0 aliphatic rings. The Morgan fingerprint density at radius 2 is 2.17 bits per heavy atom. The molecule has 2 aromatic rings. The van der Waals surface area contributed by atoms with Crippen molar-refractivity contribution >= 4 is 0 Å². The van der Waals surface area contributed by atoms with E-state index < -0.39 is 0 Å². The van der Waals surface area contributed by atoms with E-state index >= 15 is 0 Å². The van der Waals surface area contributed by atoms with Gasteiger partial charge in [-0.3, -0.25) is 0 Å². The molecule has 1 atom stereocenters. The van der Waals surface area contributed by atoms with Crippen molar-refractivity contribution in [3.63, 3.8) is 0 Å². The summed E-state index contributed by atoms with van der Waals surface area (Å²) in [6, 6.07) is 12.3. The number of furan rings is 1. The number of hydrogen-bond donors (Lipinski definition) is 1. The van der Waals surface area contributed by atoms with E-state index in [1.165, 1.54) is 5.56 Å². The quantitative estimate of drug-likeness (QED) is 0.848. The highest BCUT2D eigenvalue weighted by molar-refractivity contribution is 5.31. The average Bonchev–Trinajstić information content (AvgIpc) is 2.89. The van der Waals surface area contributed by atoms with Crippen molar-refractivity contribution in [3.8, 4) is 5.75 Å². The lowest BCUT2D eigenvalue weighted by atomic mass is 10.0. The summed E-state index contributed by atoms with van der Waals surface area (Å²) in [5.74, 6) is 1.89. The van der Waals surface area contributed by atoms with E-state index in [4.69, 9.17) is 9.15 Å². The standard InChI is InChI=1S/C15H19NO2/c1-3-17-13-7-4-6-12(10-13)15(16-2)11-14-8-5-9-18-14/h4-10,15-16H,3,11H2,1-2H3. The first-order valence-electron chi connectivity index (χ1n) is 6.26. The van der Waals surface area contributed by atoms with E-state index in [0.29, 0.717) is 6.61 Å². The molecule has 0 bridgehead atoms. The van der Waals surface area contributed by atoms with E-state index in [1.807, 2.05) is 38.2 Å². The molecule has 1 N–H and O–H groups in total. The predicted molar refractivity (Wildman–Crippen MR) is 71.8 cm³/mol. The Kier molecular flexibility index (Phi) is 4.42. The molecule has 2 rings (SSSR count). The predicted octanol–water partition coefficient (Wildman–Crippen LogP) is 3.18. The van der Waals surface area contributed by atoms with Gasteiger partial charge in [-0.25, -0.2) is 0 Å². The first-order chi connectivity index (χ1) is 8.83. The molecule has 0 fully saturated rings. The van der Waals surface area contributed by atoms with Crippen LogP contribution in [0.3, 0.4) is 0 Å². The summed E-state index contributed by atoms with van der Waals surface area (Å²) in [4.78, 5) is 0. The lowest BCUT2D eigenvalue weighted by Gasteiger charge is -2.16. The average molecular weight is 245 g/mol. The van der Waals surface area contributed by atoms with Crippen molar-refractivity contribution in [2.24, 2.45) is 0 Å². The second-order valence-corrected chi connectivity index (χ2v) is 4.13. The molecule has 0 saturated heterocycles. The lowest BCUT2D eigenvalue weighted by Crippen LogP contribution is -2.18. The lowest BCUT2D eigenvalue weighted by molar-refractivity contribution is 0.339. The Morgan fingerprint density at radius 1 is 1.28 bits per heavy atom. The number of ether oxygens (including phenoxy) is 1. The van der Waals surface area contributed by atoms with Gasteiger partial charge >= 0.3 is 0 Å². The smallest absolute Gasteiger partial charge is 0.119 e. The van der Waals surface area contributed by atoms with Crippen molar-refractivity contribution in [2.75, 3.05) is 13.7 Å². The number of nitrogens with one attached hydrogen (secondary N) is 1. The van der Waals surface area contributed by atoms with E-state index in [9.17, 15) is 0 Å².